The number of primary amides is 1. The molecular formula is C13H24N4O. The minimum Gasteiger partial charge on any atom is -0.370 e. The Bertz CT molecular complexity index is 421. The molecule has 18 heavy (non-hydrogen) atoms. The van der Waals surface area contributed by atoms with Crippen molar-refractivity contribution in [3.63, 3.8) is 0 Å². The van der Waals surface area contributed by atoms with Gasteiger partial charge in [-0.3, -0.25) is 9.48 Å². The molecule has 5 nitrogen and oxygen atoms in total. The molecule has 3 N–H and O–H groups in total. The maximum atomic E-state index is 11.0. The molecule has 1 aromatic heterocycles. The van der Waals surface area contributed by atoms with Gasteiger partial charge in [-0.05, 0) is 19.8 Å². The van der Waals surface area contributed by atoms with E-state index in [-0.39, 0.29) is 11.4 Å². The fourth-order valence-corrected chi connectivity index (χ4v) is 2.01. The second-order valence-corrected chi connectivity index (χ2v) is 5.75. The van der Waals surface area contributed by atoms with Crippen LogP contribution in [0.5, 0.6) is 0 Å². The normalized spacial score (nSPS) is 12.1. The number of aryl methyl sites for hydroxylation is 1. The highest BCUT2D eigenvalue weighted by molar-refractivity contribution is 5.74. The van der Waals surface area contributed by atoms with Crippen molar-refractivity contribution in [1.29, 1.82) is 0 Å². The number of carbonyl (C=O) groups is 1. The Morgan fingerprint density at radius 2 is 2.17 bits per heavy atom. The number of aromatic nitrogens is 2. The number of hydrogen-bond acceptors (Lipinski definition) is 3. The summed E-state index contributed by atoms with van der Waals surface area (Å²) in [7, 11) is 1.92. The highest BCUT2D eigenvalue weighted by Gasteiger charge is 2.21. The molecule has 0 aliphatic carbocycles. The van der Waals surface area contributed by atoms with Crippen molar-refractivity contribution in [2.45, 2.75) is 52.1 Å². The standard InChI is InChI=1S/C13H24N4O/c1-9(2)12-10(8-17(5)16-12)7-15-13(3,4)6-11(14)18/h8-9,15H,6-7H2,1-5H3,(H2,14,18). The molecule has 102 valence electrons. The molecule has 1 rings (SSSR count). The summed E-state index contributed by atoms with van der Waals surface area (Å²) in [5.41, 5.74) is 7.21. The first-order valence-corrected chi connectivity index (χ1v) is 6.27. The van der Waals surface area contributed by atoms with E-state index in [1.165, 1.54) is 5.56 Å². The van der Waals surface area contributed by atoms with Gasteiger partial charge in [-0.25, -0.2) is 0 Å². The molecule has 0 aliphatic rings. The van der Waals surface area contributed by atoms with Gasteiger partial charge in [0.05, 0.1) is 5.69 Å². The van der Waals surface area contributed by atoms with Gasteiger partial charge >= 0.3 is 0 Å². The smallest absolute Gasteiger partial charge is 0.219 e. The second-order valence-electron chi connectivity index (χ2n) is 5.75. The Hall–Kier alpha value is -1.36. The Balaban J connectivity index is 2.71. The van der Waals surface area contributed by atoms with Crippen molar-refractivity contribution in [1.82, 2.24) is 15.1 Å². The van der Waals surface area contributed by atoms with Crippen LogP contribution in [-0.4, -0.2) is 21.2 Å². The second kappa shape index (κ2) is 5.52. The first kappa shape index (κ1) is 14.7. The van der Waals surface area contributed by atoms with E-state index in [0.29, 0.717) is 18.9 Å². The van der Waals surface area contributed by atoms with E-state index >= 15 is 0 Å². The zero-order chi connectivity index (χ0) is 13.9. The number of carbonyl (C=O) groups excluding carboxylic acids is 1. The van der Waals surface area contributed by atoms with Gasteiger partial charge in [-0.1, -0.05) is 13.8 Å². The Morgan fingerprint density at radius 3 is 2.67 bits per heavy atom. The summed E-state index contributed by atoms with van der Waals surface area (Å²) in [4.78, 5) is 11.0. The summed E-state index contributed by atoms with van der Waals surface area (Å²) in [6, 6.07) is 0. The fraction of sp³-hybridized carbons (Fsp3) is 0.692. The van der Waals surface area contributed by atoms with Crippen LogP contribution in [0.3, 0.4) is 0 Å². The van der Waals surface area contributed by atoms with Crippen LogP contribution >= 0.6 is 0 Å². The van der Waals surface area contributed by atoms with Crippen molar-refractivity contribution < 1.29 is 4.79 Å². The average molecular weight is 252 g/mol. The van der Waals surface area contributed by atoms with Crippen LogP contribution in [0.25, 0.3) is 0 Å². The summed E-state index contributed by atoms with van der Waals surface area (Å²) in [5, 5.41) is 7.82. The number of nitrogens with zero attached hydrogens (tertiary/aromatic N) is 2. The zero-order valence-corrected chi connectivity index (χ0v) is 11.9. The minimum absolute atomic E-state index is 0.289. The zero-order valence-electron chi connectivity index (χ0n) is 11.9. The quantitative estimate of drug-likeness (QED) is 0.801. The van der Waals surface area contributed by atoms with E-state index in [4.69, 9.17) is 5.73 Å². The number of nitrogens with two attached hydrogens (primary N) is 1. The van der Waals surface area contributed by atoms with Crippen molar-refractivity contribution in [2.24, 2.45) is 12.8 Å². The molecule has 0 unspecified atom stereocenters. The molecule has 0 aromatic carbocycles. The summed E-state index contributed by atoms with van der Waals surface area (Å²) in [6.07, 6.45) is 2.34. The van der Waals surface area contributed by atoms with E-state index in [0.717, 1.165) is 5.69 Å². The molecule has 5 heteroatoms. The predicted molar refractivity (Wildman–Crippen MR) is 72.0 cm³/mol. The summed E-state index contributed by atoms with van der Waals surface area (Å²) >= 11 is 0. The first-order valence-electron chi connectivity index (χ1n) is 6.27. The molecule has 0 saturated carbocycles. The van der Waals surface area contributed by atoms with Gasteiger partial charge < -0.3 is 11.1 Å². The van der Waals surface area contributed by atoms with Crippen LogP contribution in [-0.2, 0) is 18.4 Å². The van der Waals surface area contributed by atoms with Crippen LogP contribution < -0.4 is 11.1 Å². The molecule has 0 saturated heterocycles. The van der Waals surface area contributed by atoms with E-state index < -0.39 is 0 Å². The van der Waals surface area contributed by atoms with E-state index in [9.17, 15) is 4.79 Å². The molecule has 0 radical (unpaired) electrons. The van der Waals surface area contributed by atoms with Crippen LogP contribution in [0.4, 0.5) is 0 Å². The van der Waals surface area contributed by atoms with Crippen molar-refractivity contribution >= 4 is 5.91 Å². The Kier molecular flexibility index (Phi) is 4.51. The minimum atomic E-state index is -0.296. The van der Waals surface area contributed by atoms with Gasteiger partial charge in [0.25, 0.3) is 0 Å². The molecule has 0 spiro atoms. The van der Waals surface area contributed by atoms with Crippen molar-refractivity contribution in [3.8, 4) is 0 Å². The molecule has 1 heterocycles. The maximum absolute atomic E-state index is 11.0. The fourth-order valence-electron chi connectivity index (χ4n) is 2.01. The van der Waals surface area contributed by atoms with Gasteiger partial charge in [0.2, 0.25) is 5.91 Å². The number of rotatable bonds is 6. The SMILES string of the molecule is CC(C)c1nn(C)cc1CNC(C)(C)CC(N)=O. The third-order valence-electron chi connectivity index (χ3n) is 2.86. The molecule has 0 aliphatic heterocycles. The van der Waals surface area contributed by atoms with E-state index in [1.807, 2.05) is 31.8 Å². The lowest BCUT2D eigenvalue weighted by Gasteiger charge is -2.25. The predicted octanol–water partition coefficient (Wildman–Crippen LogP) is 1.29. The molecule has 0 atom stereocenters. The molecule has 1 aromatic rings. The van der Waals surface area contributed by atoms with Crippen LogP contribution in [0, 0.1) is 0 Å². The van der Waals surface area contributed by atoms with Gasteiger partial charge in [-0.2, -0.15) is 5.10 Å². The number of hydrogen-bond donors (Lipinski definition) is 2. The molecule has 0 fully saturated rings. The molecule has 1 amide bonds. The van der Waals surface area contributed by atoms with Gasteiger partial charge in [0, 0.05) is 37.3 Å². The lowest BCUT2D eigenvalue weighted by molar-refractivity contribution is -0.119. The third-order valence-corrected chi connectivity index (χ3v) is 2.86. The van der Waals surface area contributed by atoms with E-state index in [1.54, 1.807) is 0 Å². The van der Waals surface area contributed by atoms with Crippen LogP contribution in [0.2, 0.25) is 0 Å². The topological polar surface area (TPSA) is 72.9 Å². The van der Waals surface area contributed by atoms with Gasteiger partial charge in [-0.15, -0.1) is 0 Å². The number of nitrogens with one attached hydrogen (secondary N) is 1. The number of amides is 1. The highest BCUT2D eigenvalue weighted by Crippen LogP contribution is 2.18. The van der Waals surface area contributed by atoms with Gasteiger partial charge in [0.1, 0.15) is 0 Å². The third kappa shape index (κ3) is 4.14. The van der Waals surface area contributed by atoms with E-state index in [2.05, 4.69) is 24.3 Å². The first-order chi connectivity index (χ1) is 8.21. The summed E-state index contributed by atoms with van der Waals surface area (Å²) < 4.78 is 1.83. The summed E-state index contributed by atoms with van der Waals surface area (Å²) in [6.45, 7) is 8.90. The lowest BCUT2D eigenvalue weighted by Crippen LogP contribution is -2.42. The van der Waals surface area contributed by atoms with Crippen molar-refractivity contribution in [2.75, 3.05) is 0 Å². The Morgan fingerprint density at radius 1 is 1.56 bits per heavy atom. The maximum Gasteiger partial charge on any atom is 0.219 e. The Labute approximate surface area is 109 Å². The van der Waals surface area contributed by atoms with Crippen LogP contribution in [0.1, 0.15) is 51.3 Å². The van der Waals surface area contributed by atoms with Crippen molar-refractivity contribution in [3.05, 3.63) is 17.5 Å². The largest absolute Gasteiger partial charge is 0.370 e. The monoisotopic (exact) mass is 252 g/mol. The summed E-state index contributed by atoms with van der Waals surface area (Å²) in [5.74, 6) is 0.102. The van der Waals surface area contributed by atoms with Crippen LogP contribution in [0.15, 0.2) is 6.20 Å². The average Bonchev–Trinajstić information content (AvgIpc) is 2.55. The molecular weight excluding hydrogens is 228 g/mol. The van der Waals surface area contributed by atoms with Gasteiger partial charge in [0.15, 0.2) is 0 Å². The molecule has 0 bridgehead atoms. The highest BCUT2D eigenvalue weighted by atomic mass is 16.1. The lowest BCUT2D eigenvalue weighted by atomic mass is 9.99.